The van der Waals surface area contributed by atoms with E-state index < -0.39 is 60.1 Å². The van der Waals surface area contributed by atoms with E-state index in [1.807, 2.05) is 12.1 Å². The number of nitrogens with zero attached hydrogens (tertiary/aromatic N) is 3. The molecule has 1 saturated carbocycles. The van der Waals surface area contributed by atoms with Crippen LogP contribution in [0.5, 0.6) is 6.01 Å². The van der Waals surface area contributed by atoms with Crippen LogP contribution < -0.4 is 42.4 Å². The minimum absolute atomic E-state index is 0.0405. The van der Waals surface area contributed by atoms with Crippen LogP contribution in [0.1, 0.15) is 40.7 Å². The molecule has 21 heteroatoms. The van der Waals surface area contributed by atoms with Crippen LogP contribution in [0, 0.1) is 0 Å². The molecular formula is C36H36ClF3N10O7. The number of hydrogen-bond donors (Lipinski definition) is 7. The molecule has 4 aromatic rings. The zero-order valence-corrected chi connectivity index (χ0v) is 30.8. The van der Waals surface area contributed by atoms with Gasteiger partial charge >= 0.3 is 36.0 Å². The number of hydrogen-bond acceptors (Lipinski definition) is 12. The molecule has 17 nitrogen and oxygen atoms in total. The predicted octanol–water partition coefficient (Wildman–Crippen LogP) is 3.90. The number of urea groups is 1. The van der Waals surface area contributed by atoms with Crippen LogP contribution in [0.2, 0.25) is 5.02 Å². The number of alkyl halides is 3. The number of aromatic nitrogens is 3. The molecule has 5 rings (SSSR count). The van der Waals surface area contributed by atoms with Crippen LogP contribution in [0.15, 0.2) is 72.8 Å². The third-order valence-corrected chi connectivity index (χ3v) is 8.53. The highest BCUT2D eigenvalue weighted by Crippen LogP contribution is 2.48. The molecule has 8 N–H and O–H groups in total. The Balaban J connectivity index is 1.17. The van der Waals surface area contributed by atoms with E-state index in [2.05, 4.69) is 46.9 Å². The molecule has 1 aromatic heterocycles. The minimum Gasteiger partial charge on any atom is -0.467 e. The highest BCUT2D eigenvalue weighted by atomic mass is 35.5. The Morgan fingerprint density at radius 1 is 0.860 bits per heavy atom. The second-order valence-corrected chi connectivity index (χ2v) is 13.0. The van der Waals surface area contributed by atoms with Gasteiger partial charge in [0, 0.05) is 35.1 Å². The zero-order chi connectivity index (χ0) is 41.2. The van der Waals surface area contributed by atoms with E-state index in [0.717, 1.165) is 12.7 Å². The van der Waals surface area contributed by atoms with E-state index in [4.69, 9.17) is 26.8 Å². The third-order valence-electron chi connectivity index (χ3n) is 8.28. The van der Waals surface area contributed by atoms with Gasteiger partial charge < -0.3 is 47.1 Å². The number of carbonyl (C=O) groups is 5. The molecule has 0 aliphatic heterocycles. The van der Waals surface area contributed by atoms with Gasteiger partial charge in [-0.25, -0.2) is 9.59 Å². The number of primary amides is 1. The minimum atomic E-state index is -4.65. The van der Waals surface area contributed by atoms with E-state index in [9.17, 15) is 37.1 Å². The average Bonchev–Trinajstić information content (AvgIpc) is 3.96. The molecule has 0 spiro atoms. The molecule has 1 aliphatic carbocycles. The van der Waals surface area contributed by atoms with Crippen LogP contribution >= 0.6 is 11.6 Å². The average molecular weight is 813 g/mol. The van der Waals surface area contributed by atoms with Crippen LogP contribution in [-0.4, -0.2) is 77.2 Å². The molecule has 0 saturated heterocycles. The molecule has 57 heavy (non-hydrogen) atoms. The van der Waals surface area contributed by atoms with Crippen molar-refractivity contribution < 1.29 is 46.6 Å². The van der Waals surface area contributed by atoms with E-state index in [1.54, 1.807) is 24.3 Å². The zero-order valence-electron chi connectivity index (χ0n) is 30.0. The summed E-state index contributed by atoms with van der Waals surface area (Å²) in [6.07, 6.45) is -3.38. The van der Waals surface area contributed by atoms with Gasteiger partial charge in [-0.1, -0.05) is 35.9 Å². The number of amides is 5. The first-order valence-electron chi connectivity index (χ1n) is 17.1. The van der Waals surface area contributed by atoms with Gasteiger partial charge in [0.15, 0.2) is 6.61 Å². The number of halogens is 4. The number of anilines is 4. The van der Waals surface area contributed by atoms with Crippen molar-refractivity contribution >= 4 is 64.6 Å². The number of esters is 1. The van der Waals surface area contributed by atoms with Gasteiger partial charge in [-0.15, -0.1) is 0 Å². The number of methoxy groups -OCH3 is 1. The molecule has 5 amide bonds. The quantitative estimate of drug-likeness (QED) is 0.0630. The summed E-state index contributed by atoms with van der Waals surface area (Å²) in [5, 5.41) is 16.3. The molecular weight excluding hydrogens is 777 g/mol. The van der Waals surface area contributed by atoms with Crippen LogP contribution in [-0.2, 0) is 31.2 Å². The third kappa shape index (κ3) is 12.4. The monoisotopic (exact) mass is 812 g/mol. The molecule has 1 heterocycles. The number of ether oxygens (including phenoxy) is 2. The lowest BCUT2D eigenvalue weighted by molar-refractivity contribution is -0.154. The van der Waals surface area contributed by atoms with Crippen molar-refractivity contribution in [2.45, 2.75) is 43.6 Å². The molecule has 0 bridgehead atoms. The lowest BCUT2D eigenvalue weighted by atomic mass is 10.1. The Morgan fingerprint density at radius 2 is 1.51 bits per heavy atom. The summed E-state index contributed by atoms with van der Waals surface area (Å²) in [5.74, 6) is -3.66. The SMILES string of the molecule is COC(=O)[C@H](CCNC(=O)C(=O)Nc1ccc(CNC(N)=O)cc1)NC(=O)c1ccc(Nc2nc(NC3(c4ccc(Cl)cc4)CC3)nc(OCC(F)(F)F)n2)cc1. The fraction of sp³-hybridized carbons (Fsp3) is 0.278. The van der Waals surface area contributed by atoms with E-state index >= 15 is 0 Å². The van der Waals surface area contributed by atoms with E-state index in [1.165, 1.54) is 36.4 Å². The second kappa shape index (κ2) is 18.3. The topological polar surface area (TPSA) is 241 Å². The number of rotatable bonds is 16. The summed E-state index contributed by atoms with van der Waals surface area (Å²) in [6.45, 7) is -1.65. The fourth-order valence-electron chi connectivity index (χ4n) is 5.23. The summed E-state index contributed by atoms with van der Waals surface area (Å²) in [7, 11) is 1.12. The lowest BCUT2D eigenvalue weighted by Gasteiger charge is -2.19. The maximum Gasteiger partial charge on any atom is 0.422 e. The van der Waals surface area contributed by atoms with Crippen molar-refractivity contribution in [1.82, 2.24) is 30.9 Å². The molecule has 1 atom stereocenters. The van der Waals surface area contributed by atoms with Crippen LogP contribution in [0.4, 0.5) is 41.2 Å². The van der Waals surface area contributed by atoms with Gasteiger partial charge in [0.2, 0.25) is 11.9 Å². The van der Waals surface area contributed by atoms with Crippen molar-refractivity contribution in [2.75, 3.05) is 36.2 Å². The Morgan fingerprint density at radius 3 is 2.12 bits per heavy atom. The molecule has 0 radical (unpaired) electrons. The van der Waals surface area contributed by atoms with Crippen molar-refractivity contribution in [3.63, 3.8) is 0 Å². The standard InChI is InChI=1S/C36H36ClF3N10O7/c1-56-30(54)26(14-17-42-28(52)29(53)44-24-10-2-20(3-11-24)18-43-31(41)55)46-27(51)21-4-12-25(13-5-21)45-32-47-33(49-34(48-32)57-19-36(38,39)40)50-35(15-16-35)22-6-8-23(37)9-7-22/h2-13,26H,14-19H2,1H3,(H,42,52)(H,44,53)(H,46,51)(H3,41,43,55)(H2,45,47,48,49,50)/t26-/m0/s1. The smallest absolute Gasteiger partial charge is 0.422 e. The Labute approximate surface area is 327 Å². The van der Waals surface area contributed by atoms with Crippen molar-refractivity contribution in [3.05, 3.63) is 94.5 Å². The Kier molecular flexibility index (Phi) is 13.3. The van der Waals surface area contributed by atoms with Crippen molar-refractivity contribution in [3.8, 4) is 6.01 Å². The number of nitrogens with one attached hydrogen (secondary N) is 6. The van der Waals surface area contributed by atoms with Crippen molar-refractivity contribution in [2.24, 2.45) is 5.73 Å². The molecule has 1 fully saturated rings. The molecule has 0 unspecified atom stereocenters. The fourth-order valence-corrected chi connectivity index (χ4v) is 5.36. The van der Waals surface area contributed by atoms with Crippen LogP contribution in [0.25, 0.3) is 0 Å². The number of carbonyl (C=O) groups excluding carboxylic acids is 5. The summed E-state index contributed by atoms with van der Waals surface area (Å²) < 4.78 is 48.5. The maximum absolute atomic E-state index is 13.1. The number of benzene rings is 3. The number of nitrogens with two attached hydrogens (primary N) is 1. The molecule has 3 aromatic carbocycles. The van der Waals surface area contributed by atoms with Gasteiger partial charge in [-0.3, -0.25) is 14.4 Å². The van der Waals surface area contributed by atoms with Gasteiger partial charge in [0.05, 0.1) is 12.6 Å². The first-order chi connectivity index (χ1) is 27.1. The summed E-state index contributed by atoms with van der Waals surface area (Å²) in [4.78, 5) is 73.5. The lowest BCUT2D eigenvalue weighted by Crippen LogP contribution is -2.44. The van der Waals surface area contributed by atoms with Crippen molar-refractivity contribution in [1.29, 1.82) is 0 Å². The van der Waals surface area contributed by atoms with Gasteiger partial charge in [0.25, 0.3) is 5.91 Å². The van der Waals surface area contributed by atoms with E-state index in [0.29, 0.717) is 34.8 Å². The Hall–Kier alpha value is -6.70. The van der Waals surface area contributed by atoms with E-state index in [-0.39, 0.29) is 37.0 Å². The van der Waals surface area contributed by atoms with Gasteiger partial charge in [-0.05, 0) is 78.9 Å². The van der Waals surface area contributed by atoms with Crippen LogP contribution in [0.3, 0.4) is 0 Å². The van der Waals surface area contributed by atoms with Gasteiger partial charge in [0.1, 0.15) is 6.04 Å². The summed E-state index contributed by atoms with van der Waals surface area (Å²) in [5.41, 5.74) is 6.83. The molecule has 300 valence electrons. The van der Waals surface area contributed by atoms with Gasteiger partial charge in [-0.2, -0.15) is 28.1 Å². The first kappa shape index (κ1) is 41.5. The largest absolute Gasteiger partial charge is 0.467 e. The normalized spacial score (nSPS) is 13.3. The summed E-state index contributed by atoms with van der Waals surface area (Å²) >= 11 is 6.03. The second-order valence-electron chi connectivity index (χ2n) is 12.5. The molecule has 1 aliphatic rings. The highest BCUT2D eigenvalue weighted by molar-refractivity contribution is 6.39. The first-order valence-corrected chi connectivity index (χ1v) is 17.5. The highest BCUT2D eigenvalue weighted by Gasteiger charge is 2.45. The maximum atomic E-state index is 13.1. The Bertz CT molecular complexity index is 2090. The summed E-state index contributed by atoms with van der Waals surface area (Å²) in [6, 6.07) is 16.6. The predicted molar refractivity (Wildman–Crippen MR) is 199 cm³/mol.